The molecule has 0 fully saturated rings. The second-order valence-corrected chi connectivity index (χ2v) is 7.36. The lowest BCUT2D eigenvalue weighted by Gasteiger charge is -2.08. The Morgan fingerprint density at radius 2 is 1.85 bits per heavy atom. The number of para-hydroxylation sites is 1. The normalized spacial score (nSPS) is 11.0. The van der Waals surface area contributed by atoms with Gasteiger partial charge >= 0.3 is 5.97 Å². The number of carbonyl (C=O) groups excluding carboxylic acids is 2. The Labute approximate surface area is 191 Å². The minimum Gasteiger partial charge on any atom is -0.493 e. The van der Waals surface area contributed by atoms with Gasteiger partial charge in [0.15, 0.2) is 11.5 Å². The van der Waals surface area contributed by atoms with Crippen LogP contribution in [0.15, 0.2) is 79.1 Å². The topological polar surface area (TPSA) is 82.4 Å². The summed E-state index contributed by atoms with van der Waals surface area (Å²) in [4.78, 5) is 28.4. The van der Waals surface area contributed by atoms with Gasteiger partial charge in [-0.3, -0.25) is 9.59 Å². The highest BCUT2D eigenvalue weighted by Crippen LogP contribution is 2.29. The molecule has 1 amide bonds. The first-order valence-electron chi connectivity index (χ1n) is 10.4. The number of nitrogens with zero attached hydrogens (tertiary/aromatic N) is 2. The number of esters is 1. The molecule has 0 aliphatic rings. The number of ether oxygens (including phenoxy) is 2. The van der Waals surface area contributed by atoms with Crippen molar-refractivity contribution in [2.24, 2.45) is 0 Å². The highest BCUT2D eigenvalue weighted by molar-refractivity contribution is 6.06. The van der Waals surface area contributed by atoms with E-state index in [1.165, 1.54) is 25.7 Å². The number of rotatable bonds is 7. The summed E-state index contributed by atoms with van der Waals surface area (Å²) in [7, 11) is 1.49. The number of amides is 1. The van der Waals surface area contributed by atoms with Crippen LogP contribution in [-0.2, 0) is 16.1 Å². The van der Waals surface area contributed by atoms with Gasteiger partial charge in [0, 0.05) is 19.5 Å². The van der Waals surface area contributed by atoms with Crippen LogP contribution < -0.4 is 14.8 Å². The molecule has 0 aliphatic heterocycles. The molecule has 7 heteroatoms. The first-order valence-corrected chi connectivity index (χ1v) is 10.4. The van der Waals surface area contributed by atoms with Crippen molar-refractivity contribution in [1.29, 1.82) is 0 Å². The number of methoxy groups -OCH3 is 1. The van der Waals surface area contributed by atoms with Crippen molar-refractivity contribution in [3.63, 3.8) is 0 Å². The lowest BCUT2D eigenvalue weighted by atomic mass is 10.2. The van der Waals surface area contributed by atoms with E-state index in [0.717, 1.165) is 11.0 Å². The fraction of sp³-hybridized carbons (Fsp3) is 0.115. The van der Waals surface area contributed by atoms with Crippen LogP contribution in [-0.4, -0.2) is 28.5 Å². The van der Waals surface area contributed by atoms with E-state index in [0.29, 0.717) is 29.3 Å². The van der Waals surface area contributed by atoms with Gasteiger partial charge in [0.2, 0.25) is 5.91 Å². The van der Waals surface area contributed by atoms with Crippen LogP contribution in [0.3, 0.4) is 0 Å². The first-order chi connectivity index (χ1) is 16.0. The Morgan fingerprint density at radius 1 is 1.03 bits per heavy atom. The van der Waals surface area contributed by atoms with Gasteiger partial charge in [-0.15, -0.1) is 0 Å². The number of hydrogen-bond acceptors (Lipinski definition) is 5. The second kappa shape index (κ2) is 9.82. The van der Waals surface area contributed by atoms with Crippen molar-refractivity contribution in [2.75, 3.05) is 12.4 Å². The molecule has 0 radical (unpaired) electrons. The third-order valence-corrected chi connectivity index (χ3v) is 4.97. The molecule has 0 atom stereocenters. The lowest BCUT2D eigenvalue weighted by Crippen LogP contribution is -2.08. The van der Waals surface area contributed by atoms with E-state index in [2.05, 4.69) is 22.4 Å². The van der Waals surface area contributed by atoms with Gasteiger partial charge in [0.05, 0.1) is 24.6 Å². The zero-order valence-electron chi connectivity index (χ0n) is 18.3. The van der Waals surface area contributed by atoms with Gasteiger partial charge in [-0.2, -0.15) is 0 Å². The predicted octanol–water partition coefficient (Wildman–Crippen LogP) is 4.67. The van der Waals surface area contributed by atoms with Crippen molar-refractivity contribution in [2.45, 2.75) is 13.5 Å². The largest absolute Gasteiger partial charge is 0.493 e. The number of aromatic nitrogens is 2. The average Bonchev–Trinajstić information content (AvgIpc) is 3.22. The summed E-state index contributed by atoms with van der Waals surface area (Å²) < 4.78 is 12.4. The summed E-state index contributed by atoms with van der Waals surface area (Å²) in [6.45, 7) is 2.01. The molecule has 3 aromatic carbocycles. The number of carbonyl (C=O) groups is 2. The summed E-state index contributed by atoms with van der Waals surface area (Å²) in [6, 6.07) is 20.9. The standard InChI is InChI=1S/C26H23N3O4/c1-18(30)33-24-15-19(11-13-23(24)32-2)12-14-25(31)28-21-9-6-10-22-26(21)27-17-29(22)16-20-7-4-3-5-8-20/h3-15,17H,16H2,1-2H3,(H,28,31)/b14-12+. The molecule has 0 aliphatic carbocycles. The Hall–Kier alpha value is -4.39. The van der Waals surface area contributed by atoms with Crippen LogP contribution in [0.2, 0.25) is 0 Å². The fourth-order valence-electron chi connectivity index (χ4n) is 3.47. The van der Waals surface area contributed by atoms with Crippen molar-refractivity contribution >= 4 is 34.7 Å². The zero-order chi connectivity index (χ0) is 23.2. The quantitative estimate of drug-likeness (QED) is 0.256. The van der Waals surface area contributed by atoms with Crippen LogP contribution in [0.4, 0.5) is 5.69 Å². The molecular formula is C26H23N3O4. The number of hydrogen-bond donors (Lipinski definition) is 1. The van der Waals surface area contributed by atoms with Gasteiger partial charge in [-0.05, 0) is 41.5 Å². The van der Waals surface area contributed by atoms with Gasteiger partial charge in [0.1, 0.15) is 5.52 Å². The summed E-state index contributed by atoms with van der Waals surface area (Å²) in [6.07, 6.45) is 4.83. The molecule has 166 valence electrons. The van der Waals surface area contributed by atoms with Crippen molar-refractivity contribution in [3.05, 3.63) is 90.3 Å². The monoisotopic (exact) mass is 441 g/mol. The van der Waals surface area contributed by atoms with Crippen LogP contribution in [0.1, 0.15) is 18.1 Å². The molecule has 0 bridgehead atoms. The van der Waals surface area contributed by atoms with Crippen LogP contribution in [0.25, 0.3) is 17.1 Å². The molecule has 7 nitrogen and oxygen atoms in total. The highest BCUT2D eigenvalue weighted by Gasteiger charge is 2.10. The molecule has 0 unspecified atom stereocenters. The molecule has 4 rings (SSSR count). The van der Waals surface area contributed by atoms with Crippen molar-refractivity contribution < 1.29 is 19.1 Å². The Balaban J connectivity index is 1.50. The van der Waals surface area contributed by atoms with Crippen LogP contribution in [0, 0.1) is 0 Å². The SMILES string of the molecule is COc1ccc(/C=C/C(=O)Nc2cccc3c2ncn3Cc2ccccc2)cc1OC(C)=O. The lowest BCUT2D eigenvalue weighted by molar-refractivity contribution is -0.132. The summed E-state index contributed by atoms with van der Waals surface area (Å²) in [5.74, 6) is -0.0252. The second-order valence-electron chi connectivity index (χ2n) is 7.36. The van der Waals surface area contributed by atoms with Crippen LogP contribution >= 0.6 is 0 Å². The smallest absolute Gasteiger partial charge is 0.308 e. The summed E-state index contributed by atoms with van der Waals surface area (Å²) in [5, 5.41) is 2.89. The highest BCUT2D eigenvalue weighted by atomic mass is 16.6. The summed E-state index contributed by atoms with van der Waals surface area (Å²) in [5.41, 5.74) is 4.14. The maximum absolute atomic E-state index is 12.6. The maximum atomic E-state index is 12.6. The molecule has 1 N–H and O–H groups in total. The Morgan fingerprint density at radius 3 is 2.61 bits per heavy atom. The number of nitrogens with one attached hydrogen (secondary N) is 1. The van der Waals surface area contributed by atoms with Crippen molar-refractivity contribution in [3.8, 4) is 11.5 Å². The minimum atomic E-state index is -0.452. The number of imidazole rings is 1. The molecule has 4 aromatic rings. The molecule has 0 spiro atoms. The maximum Gasteiger partial charge on any atom is 0.308 e. The zero-order valence-corrected chi connectivity index (χ0v) is 18.3. The Kier molecular flexibility index (Phi) is 6.50. The van der Waals surface area contributed by atoms with E-state index in [9.17, 15) is 9.59 Å². The molecule has 0 saturated heterocycles. The molecule has 1 aromatic heterocycles. The van der Waals surface area contributed by atoms with E-state index in [-0.39, 0.29) is 5.91 Å². The van der Waals surface area contributed by atoms with E-state index in [4.69, 9.17) is 9.47 Å². The first kappa shape index (κ1) is 21.8. The van der Waals surface area contributed by atoms with E-state index >= 15 is 0 Å². The van der Waals surface area contributed by atoms with Gasteiger partial charge in [-0.25, -0.2) is 4.98 Å². The van der Waals surface area contributed by atoms with Crippen LogP contribution in [0.5, 0.6) is 11.5 Å². The van der Waals surface area contributed by atoms with Gasteiger partial charge in [0.25, 0.3) is 0 Å². The minimum absolute atomic E-state index is 0.293. The third-order valence-electron chi connectivity index (χ3n) is 4.97. The predicted molar refractivity (Wildman–Crippen MR) is 127 cm³/mol. The summed E-state index contributed by atoms with van der Waals surface area (Å²) >= 11 is 0. The number of anilines is 1. The van der Waals surface area contributed by atoms with Gasteiger partial charge in [-0.1, -0.05) is 42.5 Å². The molecule has 0 saturated carbocycles. The van der Waals surface area contributed by atoms with E-state index in [1.54, 1.807) is 30.6 Å². The third kappa shape index (κ3) is 5.27. The molecule has 33 heavy (non-hydrogen) atoms. The number of fused-ring (bicyclic) bond motifs is 1. The van der Waals surface area contributed by atoms with E-state index < -0.39 is 5.97 Å². The molecular weight excluding hydrogens is 418 g/mol. The Bertz CT molecular complexity index is 1330. The van der Waals surface area contributed by atoms with E-state index in [1.807, 2.05) is 41.0 Å². The fourth-order valence-corrected chi connectivity index (χ4v) is 3.47. The average molecular weight is 441 g/mol. The number of benzene rings is 3. The van der Waals surface area contributed by atoms with Gasteiger partial charge < -0.3 is 19.4 Å². The molecule has 1 heterocycles. The van der Waals surface area contributed by atoms with Crippen molar-refractivity contribution in [1.82, 2.24) is 9.55 Å².